The van der Waals surface area contributed by atoms with Crippen molar-refractivity contribution in [1.29, 1.82) is 0 Å². The maximum absolute atomic E-state index is 12.5. The number of nitrogens with one attached hydrogen (secondary N) is 1. The van der Waals surface area contributed by atoms with Crippen LogP contribution in [0.15, 0.2) is 36.4 Å². The molecule has 2 heterocycles. The minimum atomic E-state index is -0.0360. The van der Waals surface area contributed by atoms with Crippen molar-refractivity contribution in [2.75, 3.05) is 18.4 Å². The largest absolute Gasteiger partial charge is 0.491 e. The van der Waals surface area contributed by atoms with Crippen molar-refractivity contribution < 1.29 is 9.53 Å². The molecule has 2 aromatic rings. The van der Waals surface area contributed by atoms with Crippen molar-refractivity contribution in [3.8, 4) is 5.75 Å². The van der Waals surface area contributed by atoms with E-state index in [1.165, 1.54) is 0 Å². The van der Waals surface area contributed by atoms with Crippen molar-refractivity contribution in [3.63, 3.8) is 0 Å². The van der Waals surface area contributed by atoms with Gasteiger partial charge >= 0.3 is 0 Å². The van der Waals surface area contributed by atoms with Gasteiger partial charge in [0.15, 0.2) is 11.5 Å². The number of nitrogens with zero attached hydrogens (tertiary/aromatic N) is 3. The predicted octanol–water partition coefficient (Wildman–Crippen LogP) is 3.88. The fourth-order valence-electron chi connectivity index (χ4n) is 2.92. The monoisotopic (exact) mass is 354 g/mol. The van der Waals surface area contributed by atoms with E-state index in [0.29, 0.717) is 17.4 Å². The molecule has 26 heavy (non-hydrogen) atoms. The lowest BCUT2D eigenvalue weighted by Crippen LogP contribution is -2.38. The van der Waals surface area contributed by atoms with Gasteiger partial charge in [0, 0.05) is 18.8 Å². The molecule has 1 aliphatic heterocycles. The Balaban J connectivity index is 1.59. The summed E-state index contributed by atoms with van der Waals surface area (Å²) in [6.45, 7) is 7.81. The zero-order valence-electron chi connectivity index (χ0n) is 15.6. The zero-order valence-corrected chi connectivity index (χ0v) is 15.6. The van der Waals surface area contributed by atoms with E-state index in [1.807, 2.05) is 43.0 Å². The summed E-state index contributed by atoms with van der Waals surface area (Å²) in [5, 5.41) is 11.4. The Labute approximate surface area is 154 Å². The number of amides is 1. The number of ether oxygens (including phenoxy) is 1. The lowest BCUT2D eigenvalue weighted by Gasteiger charge is -2.29. The third-order valence-corrected chi connectivity index (χ3v) is 4.45. The Kier molecular flexibility index (Phi) is 5.71. The highest BCUT2D eigenvalue weighted by Gasteiger charge is 2.22. The Morgan fingerprint density at radius 2 is 1.81 bits per heavy atom. The van der Waals surface area contributed by atoms with Gasteiger partial charge in [-0.2, -0.15) is 0 Å². The van der Waals surface area contributed by atoms with Gasteiger partial charge in [-0.25, -0.2) is 0 Å². The first-order chi connectivity index (χ1) is 12.5. The molecule has 6 nitrogen and oxygen atoms in total. The number of carbonyl (C=O) groups excluding carboxylic acids is 1. The first-order valence-electron chi connectivity index (χ1n) is 9.18. The molecule has 1 aliphatic rings. The number of hydrogen-bond donors (Lipinski definition) is 1. The fraction of sp³-hybridized carbons (Fsp3) is 0.450. The number of carbonyl (C=O) groups is 1. The van der Waals surface area contributed by atoms with Gasteiger partial charge in [-0.05, 0) is 69.0 Å². The smallest absolute Gasteiger partial charge is 0.274 e. The Bertz CT molecular complexity index is 720. The van der Waals surface area contributed by atoms with Crippen molar-refractivity contribution in [3.05, 3.63) is 42.1 Å². The molecule has 1 fully saturated rings. The molecule has 0 aliphatic carbocycles. The molecular formula is C20H26N4O2. The van der Waals surface area contributed by atoms with Gasteiger partial charge < -0.3 is 15.0 Å². The van der Waals surface area contributed by atoms with Crippen LogP contribution in [0.3, 0.4) is 0 Å². The second-order valence-electron chi connectivity index (χ2n) is 7.09. The van der Waals surface area contributed by atoms with E-state index in [9.17, 15) is 4.79 Å². The molecule has 1 amide bonds. The van der Waals surface area contributed by atoms with Crippen molar-refractivity contribution in [1.82, 2.24) is 15.1 Å². The summed E-state index contributed by atoms with van der Waals surface area (Å²) in [7, 11) is 0. The molecular weight excluding hydrogens is 328 g/mol. The number of likely N-dealkylation sites (tertiary alicyclic amines) is 1. The number of anilines is 2. The van der Waals surface area contributed by atoms with Crippen LogP contribution in [0.2, 0.25) is 0 Å². The van der Waals surface area contributed by atoms with Gasteiger partial charge in [-0.3, -0.25) is 4.79 Å². The molecule has 0 spiro atoms. The topological polar surface area (TPSA) is 67.4 Å². The maximum Gasteiger partial charge on any atom is 0.274 e. The molecule has 6 heteroatoms. The minimum Gasteiger partial charge on any atom is -0.491 e. The van der Waals surface area contributed by atoms with Gasteiger partial charge in [-0.15, -0.1) is 10.2 Å². The lowest BCUT2D eigenvalue weighted by atomic mass is 9.99. The molecule has 0 saturated carbocycles. The van der Waals surface area contributed by atoms with Gasteiger partial charge in [0.25, 0.3) is 5.91 Å². The van der Waals surface area contributed by atoms with Crippen LogP contribution in [-0.2, 0) is 0 Å². The fourth-order valence-corrected chi connectivity index (χ4v) is 2.92. The van der Waals surface area contributed by atoms with Gasteiger partial charge in [0.2, 0.25) is 0 Å². The van der Waals surface area contributed by atoms with Gasteiger partial charge in [0.1, 0.15) is 5.75 Å². The average molecular weight is 354 g/mol. The van der Waals surface area contributed by atoms with Gasteiger partial charge in [-0.1, -0.05) is 6.92 Å². The number of piperidine rings is 1. The van der Waals surface area contributed by atoms with Crippen LogP contribution < -0.4 is 10.1 Å². The molecule has 1 aromatic carbocycles. The molecule has 0 radical (unpaired) electrons. The van der Waals surface area contributed by atoms with Crippen LogP contribution in [0.1, 0.15) is 44.1 Å². The molecule has 0 unspecified atom stereocenters. The highest BCUT2D eigenvalue weighted by molar-refractivity contribution is 5.92. The third-order valence-electron chi connectivity index (χ3n) is 4.45. The van der Waals surface area contributed by atoms with Crippen LogP contribution >= 0.6 is 0 Å². The van der Waals surface area contributed by atoms with E-state index < -0.39 is 0 Å². The summed E-state index contributed by atoms with van der Waals surface area (Å²) in [5.41, 5.74) is 1.28. The molecule has 0 bridgehead atoms. The highest BCUT2D eigenvalue weighted by Crippen LogP contribution is 2.20. The predicted molar refractivity (Wildman–Crippen MR) is 102 cm³/mol. The van der Waals surface area contributed by atoms with Crippen LogP contribution in [0.4, 0.5) is 11.5 Å². The number of hydrogen-bond acceptors (Lipinski definition) is 5. The summed E-state index contributed by atoms with van der Waals surface area (Å²) in [6, 6.07) is 11.2. The SMILES string of the molecule is CC1CCN(C(=O)c2ccc(Nc3ccc(OC(C)C)cc3)nn2)CC1. The van der Waals surface area contributed by atoms with E-state index in [4.69, 9.17) is 4.74 Å². The second kappa shape index (κ2) is 8.17. The highest BCUT2D eigenvalue weighted by atomic mass is 16.5. The lowest BCUT2D eigenvalue weighted by molar-refractivity contribution is 0.0690. The Hall–Kier alpha value is -2.63. The summed E-state index contributed by atoms with van der Waals surface area (Å²) in [6.07, 6.45) is 2.25. The zero-order chi connectivity index (χ0) is 18.5. The first kappa shape index (κ1) is 18.2. The second-order valence-corrected chi connectivity index (χ2v) is 7.09. The number of rotatable bonds is 5. The van der Waals surface area contributed by atoms with Crippen molar-refractivity contribution >= 4 is 17.4 Å². The van der Waals surface area contributed by atoms with E-state index in [2.05, 4.69) is 22.4 Å². The summed E-state index contributed by atoms with van der Waals surface area (Å²) in [5.74, 6) is 2.08. The molecule has 138 valence electrons. The van der Waals surface area contributed by atoms with E-state index in [1.54, 1.807) is 12.1 Å². The van der Waals surface area contributed by atoms with E-state index in [-0.39, 0.29) is 12.0 Å². The summed E-state index contributed by atoms with van der Waals surface area (Å²) in [4.78, 5) is 14.4. The van der Waals surface area contributed by atoms with E-state index >= 15 is 0 Å². The standard InChI is InChI=1S/C20H26N4O2/c1-14(2)26-17-6-4-16(5-7-17)21-19-9-8-18(22-23-19)20(25)24-12-10-15(3)11-13-24/h4-9,14-15H,10-13H2,1-3H3,(H,21,23). The maximum atomic E-state index is 12.5. The summed E-state index contributed by atoms with van der Waals surface area (Å²) >= 11 is 0. The van der Waals surface area contributed by atoms with Crippen LogP contribution in [0.25, 0.3) is 0 Å². The molecule has 1 aromatic heterocycles. The average Bonchev–Trinajstić information content (AvgIpc) is 2.64. The Morgan fingerprint density at radius 3 is 2.38 bits per heavy atom. The molecule has 1 saturated heterocycles. The number of aromatic nitrogens is 2. The third kappa shape index (κ3) is 4.71. The van der Waals surface area contributed by atoms with Crippen LogP contribution in [-0.4, -0.2) is 40.2 Å². The Morgan fingerprint density at radius 1 is 1.12 bits per heavy atom. The quantitative estimate of drug-likeness (QED) is 0.882. The molecule has 3 rings (SSSR count). The number of benzene rings is 1. The van der Waals surface area contributed by atoms with Crippen molar-refractivity contribution in [2.45, 2.75) is 39.7 Å². The summed E-state index contributed by atoms with van der Waals surface area (Å²) < 4.78 is 5.63. The van der Waals surface area contributed by atoms with Crippen LogP contribution in [0.5, 0.6) is 5.75 Å². The van der Waals surface area contributed by atoms with Crippen LogP contribution in [0, 0.1) is 5.92 Å². The molecule has 0 atom stereocenters. The minimum absolute atomic E-state index is 0.0360. The van der Waals surface area contributed by atoms with E-state index in [0.717, 1.165) is 37.4 Å². The first-order valence-corrected chi connectivity index (χ1v) is 9.18. The van der Waals surface area contributed by atoms with Gasteiger partial charge in [0.05, 0.1) is 6.10 Å². The molecule has 1 N–H and O–H groups in total. The normalized spacial score (nSPS) is 15.2. The van der Waals surface area contributed by atoms with Crippen molar-refractivity contribution in [2.24, 2.45) is 5.92 Å².